The summed E-state index contributed by atoms with van der Waals surface area (Å²) in [6.45, 7) is 7.48. The van der Waals surface area contributed by atoms with Gasteiger partial charge in [0, 0.05) is 25.0 Å². The van der Waals surface area contributed by atoms with Gasteiger partial charge in [0.05, 0.1) is 14.2 Å². The maximum Gasteiger partial charge on any atom is 0.409 e. The Morgan fingerprint density at radius 2 is 1.35 bits per heavy atom. The summed E-state index contributed by atoms with van der Waals surface area (Å²) in [6, 6.07) is 25.3. The van der Waals surface area contributed by atoms with Crippen molar-refractivity contribution in [1.82, 2.24) is 26.4 Å². The number of hydrogen-bond acceptors (Lipinski definition) is 9. The molecule has 13 nitrogen and oxygen atoms in total. The van der Waals surface area contributed by atoms with Gasteiger partial charge in [-0.15, -0.1) is 0 Å². The molecule has 0 aromatic heterocycles. The number of carbonyl (C=O) groups excluding carboxylic acids is 4. The van der Waals surface area contributed by atoms with E-state index in [1.54, 1.807) is 32.7 Å². The van der Waals surface area contributed by atoms with Crippen LogP contribution in [-0.4, -0.2) is 72.7 Å². The topological polar surface area (TPSA) is 168 Å². The van der Waals surface area contributed by atoms with Crippen LogP contribution in [0, 0.1) is 11.8 Å². The van der Waals surface area contributed by atoms with Gasteiger partial charge >= 0.3 is 12.2 Å². The van der Waals surface area contributed by atoms with Crippen molar-refractivity contribution < 1.29 is 38.5 Å². The van der Waals surface area contributed by atoms with E-state index in [0.29, 0.717) is 25.2 Å². The molecule has 5 N–H and O–H groups in total. The first kappa shape index (κ1) is 40.3. The predicted octanol–water partition coefficient (Wildman–Crippen LogP) is 4.30. The highest BCUT2D eigenvalue weighted by Crippen LogP contribution is 2.18. The van der Waals surface area contributed by atoms with Gasteiger partial charge in [-0.1, -0.05) is 100 Å². The molecule has 0 saturated carbocycles. The summed E-state index contributed by atoms with van der Waals surface area (Å²) in [4.78, 5) is 51.6. The third-order valence-electron chi connectivity index (χ3n) is 8.28. The van der Waals surface area contributed by atoms with E-state index in [4.69, 9.17) is 9.47 Å². The minimum atomic E-state index is -2.28. The summed E-state index contributed by atoms with van der Waals surface area (Å²) in [5, 5.41) is 20.7. The Morgan fingerprint density at radius 1 is 0.765 bits per heavy atom. The fraction of sp³-hybridized carbons (Fsp3) is 0.421. The summed E-state index contributed by atoms with van der Waals surface area (Å²) in [7, 11) is 2.36. The van der Waals surface area contributed by atoms with E-state index in [-0.39, 0.29) is 19.0 Å². The summed E-state index contributed by atoms with van der Waals surface area (Å²) in [6.07, 6.45) is -0.746. The number of aliphatic hydroxyl groups is 1. The highest BCUT2D eigenvalue weighted by atomic mass is 16.5. The van der Waals surface area contributed by atoms with Crippen molar-refractivity contribution in [1.29, 1.82) is 0 Å². The number of amides is 4. The van der Waals surface area contributed by atoms with Crippen molar-refractivity contribution in [2.75, 3.05) is 20.8 Å². The number of nitrogens with one attached hydrogen (secondary N) is 4. The number of ether oxygens (including phenoxy) is 3. The maximum absolute atomic E-state index is 13.7. The average Bonchev–Trinajstić information content (AvgIpc) is 3.12. The zero-order chi connectivity index (χ0) is 37.4. The van der Waals surface area contributed by atoms with E-state index in [9.17, 15) is 24.3 Å². The number of hydrazine groups is 1. The van der Waals surface area contributed by atoms with Crippen LogP contribution in [0.1, 0.15) is 50.8 Å². The summed E-state index contributed by atoms with van der Waals surface area (Å²) in [5.41, 5.74) is 3.53. The van der Waals surface area contributed by atoms with Crippen molar-refractivity contribution >= 4 is 24.0 Å². The molecular weight excluding hydrogens is 654 g/mol. The number of methoxy groups -OCH3 is 2. The molecule has 13 heteroatoms. The van der Waals surface area contributed by atoms with Crippen molar-refractivity contribution in [2.24, 2.45) is 11.8 Å². The predicted molar refractivity (Wildman–Crippen MR) is 192 cm³/mol. The quantitative estimate of drug-likeness (QED) is 0.0958. The second-order valence-corrected chi connectivity index (χ2v) is 12.9. The van der Waals surface area contributed by atoms with Crippen LogP contribution in [0.4, 0.5) is 9.59 Å². The SMILES string of the molecule is COC(=O)N[C@H](C(=O)NN(Cc1ccc(OCc2ccccc2)cc1)C[C@H](CCc1ccccc1)NC(=O)[C@@](O)(NC(=O)OC)C(C)C)C(C)C. The van der Waals surface area contributed by atoms with Gasteiger partial charge < -0.3 is 30.0 Å². The fourth-order valence-corrected chi connectivity index (χ4v) is 5.17. The summed E-state index contributed by atoms with van der Waals surface area (Å²) < 4.78 is 15.4. The fourth-order valence-electron chi connectivity index (χ4n) is 5.17. The van der Waals surface area contributed by atoms with Gasteiger partial charge in [-0.25, -0.2) is 14.6 Å². The lowest BCUT2D eigenvalue weighted by Crippen LogP contribution is -2.64. The first-order valence-electron chi connectivity index (χ1n) is 16.9. The Balaban J connectivity index is 1.90. The smallest absolute Gasteiger partial charge is 0.409 e. The highest BCUT2D eigenvalue weighted by molar-refractivity contribution is 5.88. The van der Waals surface area contributed by atoms with Crippen molar-refractivity contribution in [2.45, 2.75) is 71.5 Å². The lowest BCUT2D eigenvalue weighted by atomic mass is 9.97. The van der Waals surface area contributed by atoms with Crippen molar-refractivity contribution in [3.05, 3.63) is 102 Å². The van der Waals surface area contributed by atoms with Gasteiger partial charge in [0.1, 0.15) is 18.4 Å². The number of benzene rings is 3. The molecule has 3 aromatic rings. The van der Waals surface area contributed by atoms with Crippen molar-refractivity contribution in [3.8, 4) is 5.75 Å². The van der Waals surface area contributed by atoms with E-state index < -0.39 is 47.7 Å². The Hall–Kier alpha value is -5.14. The number of carbonyl (C=O) groups is 4. The number of nitrogens with zero attached hydrogens (tertiary/aromatic N) is 1. The Labute approximate surface area is 300 Å². The summed E-state index contributed by atoms with van der Waals surface area (Å²) in [5.74, 6) is -1.66. The van der Waals surface area contributed by atoms with Crippen LogP contribution in [0.3, 0.4) is 0 Å². The number of alkyl carbamates (subject to hydrolysis) is 2. The Morgan fingerprint density at radius 3 is 1.90 bits per heavy atom. The first-order chi connectivity index (χ1) is 24.3. The largest absolute Gasteiger partial charge is 0.489 e. The maximum atomic E-state index is 13.7. The minimum Gasteiger partial charge on any atom is -0.489 e. The van der Waals surface area contributed by atoms with E-state index in [2.05, 4.69) is 26.1 Å². The van der Waals surface area contributed by atoms with Gasteiger partial charge in [-0.3, -0.25) is 20.3 Å². The molecule has 0 bridgehead atoms. The van der Waals surface area contributed by atoms with Crippen LogP contribution in [0.25, 0.3) is 0 Å². The van der Waals surface area contributed by atoms with E-state index in [0.717, 1.165) is 23.8 Å². The van der Waals surface area contributed by atoms with Gasteiger partial charge in [-0.05, 0) is 47.6 Å². The second-order valence-electron chi connectivity index (χ2n) is 12.9. The molecule has 0 spiro atoms. The molecule has 0 aliphatic heterocycles. The van der Waals surface area contributed by atoms with Crippen LogP contribution in [0.2, 0.25) is 0 Å². The number of aryl methyl sites for hydroxylation is 1. The monoisotopic (exact) mass is 705 g/mol. The molecule has 276 valence electrons. The van der Waals surface area contributed by atoms with E-state index in [1.807, 2.05) is 84.9 Å². The molecule has 0 unspecified atom stereocenters. The molecule has 0 aliphatic carbocycles. The third kappa shape index (κ3) is 12.9. The van der Waals surface area contributed by atoms with Gasteiger partial charge in [-0.2, -0.15) is 0 Å². The van der Waals surface area contributed by atoms with Crippen LogP contribution < -0.4 is 26.1 Å². The van der Waals surface area contributed by atoms with Crippen LogP contribution in [-0.2, 0) is 38.6 Å². The molecule has 0 radical (unpaired) electrons. The first-order valence-corrected chi connectivity index (χ1v) is 16.9. The molecule has 4 amide bonds. The normalized spacial score (nSPS) is 13.5. The summed E-state index contributed by atoms with van der Waals surface area (Å²) >= 11 is 0. The lowest BCUT2D eigenvalue weighted by molar-refractivity contribution is -0.149. The zero-order valence-corrected chi connectivity index (χ0v) is 30.2. The molecule has 3 rings (SSSR count). The molecule has 3 atom stereocenters. The molecule has 0 saturated heterocycles. The van der Waals surface area contributed by atoms with Gasteiger partial charge in [0.25, 0.3) is 11.8 Å². The molecule has 0 fully saturated rings. The van der Waals surface area contributed by atoms with Crippen LogP contribution in [0.15, 0.2) is 84.9 Å². The minimum absolute atomic E-state index is 0.0893. The zero-order valence-electron chi connectivity index (χ0n) is 30.2. The van der Waals surface area contributed by atoms with E-state index in [1.165, 1.54) is 7.11 Å². The Bertz CT molecular complexity index is 1540. The standard InChI is InChI=1S/C38H51N5O8/c1-26(2)33(40-36(46)49-5)34(44)42-43(23-29-18-21-32(22-19-29)51-25-30-15-11-8-12-16-30)24-31(20-17-28-13-9-7-10-14-28)39-35(45)38(48,27(3)4)41-37(47)50-6/h7-16,18-19,21-22,26-27,31,33,48H,17,20,23-25H2,1-6H3,(H,39,45)(H,40,46)(H,41,47)(H,42,44)/t31-,33-,38+/m0/s1. The Kier molecular flexibility index (Phi) is 15.7. The molecule has 51 heavy (non-hydrogen) atoms. The number of rotatable bonds is 18. The average molecular weight is 706 g/mol. The lowest BCUT2D eigenvalue weighted by Gasteiger charge is -2.35. The highest BCUT2D eigenvalue weighted by Gasteiger charge is 2.42. The van der Waals surface area contributed by atoms with Crippen LogP contribution in [0.5, 0.6) is 5.75 Å². The molecule has 0 aliphatic rings. The molecule has 3 aromatic carbocycles. The molecular formula is C38H51N5O8. The van der Waals surface area contributed by atoms with Gasteiger partial charge in [0.2, 0.25) is 5.72 Å². The molecule has 0 heterocycles. The third-order valence-corrected chi connectivity index (χ3v) is 8.28. The van der Waals surface area contributed by atoms with Crippen molar-refractivity contribution in [3.63, 3.8) is 0 Å². The van der Waals surface area contributed by atoms with Crippen LogP contribution >= 0.6 is 0 Å². The van der Waals surface area contributed by atoms with E-state index >= 15 is 0 Å². The number of hydrogen-bond donors (Lipinski definition) is 5. The second kappa shape index (κ2) is 19.9. The van der Waals surface area contributed by atoms with Gasteiger partial charge in [0.15, 0.2) is 0 Å².